The zero-order valence-electron chi connectivity index (χ0n) is 33.4. The lowest BCUT2D eigenvalue weighted by molar-refractivity contribution is -0.154. The molecule has 58 heavy (non-hydrogen) atoms. The summed E-state index contributed by atoms with van der Waals surface area (Å²) in [4.78, 5) is 75.2. The first kappa shape index (κ1) is 41.8. The number of ether oxygens (including phenoxy) is 3. The summed E-state index contributed by atoms with van der Waals surface area (Å²) in [6.07, 6.45) is 12.5. The maximum Gasteiger partial charge on any atom is 0.308 e. The van der Waals surface area contributed by atoms with Crippen LogP contribution in [-0.4, -0.2) is 88.7 Å². The van der Waals surface area contributed by atoms with Crippen molar-refractivity contribution in [2.24, 2.45) is 17.3 Å². The Balaban J connectivity index is 1.65. The SMILES string of the molecule is C=Cc1c2[nH]c(c1C)C=C1NC(=Cc3[nH]c(c(CCC(=O)OCOC)c3C)C=c3[nH]c(c(C)c3CCC(=O)OCCO)=C2)[C@@]2(C)C1=CCC(C(=O)CO)[C@H]2C(=O)C=O. The Morgan fingerprint density at radius 3 is 2.21 bits per heavy atom. The van der Waals surface area contributed by atoms with Crippen molar-refractivity contribution in [3.63, 3.8) is 0 Å². The third-order valence-corrected chi connectivity index (χ3v) is 11.7. The number of methoxy groups -OCH3 is 1. The number of ketones is 2. The molecule has 5 heterocycles. The molecule has 0 radical (unpaired) electrons. The monoisotopic (exact) mass is 794 g/mol. The number of esters is 2. The van der Waals surface area contributed by atoms with E-state index in [0.29, 0.717) is 34.6 Å². The average molecular weight is 795 g/mol. The van der Waals surface area contributed by atoms with Crippen molar-refractivity contribution in [3.8, 4) is 0 Å². The lowest BCUT2D eigenvalue weighted by Crippen LogP contribution is -2.46. The number of fused-ring (bicyclic) bond motifs is 11. The number of nitrogens with one attached hydrogen (secondary N) is 4. The van der Waals surface area contributed by atoms with Crippen molar-refractivity contribution in [3.05, 3.63) is 96.5 Å². The van der Waals surface area contributed by atoms with E-state index < -0.39 is 47.4 Å². The average Bonchev–Trinajstić information content (AvgIpc) is 3.87. The number of aldehydes is 1. The molecule has 1 fully saturated rings. The van der Waals surface area contributed by atoms with Crippen LogP contribution in [0.2, 0.25) is 0 Å². The van der Waals surface area contributed by atoms with E-state index in [9.17, 15) is 34.2 Å². The zero-order valence-corrected chi connectivity index (χ0v) is 33.4. The number of aliphatic hydroxyl groups is 2. The highest BCUT2D eigenvalue weighted by Gasteiger charge is 2.56. The van der Waals surface area contributed by atoms with Crippen molar-refractivity contribution in [1.82, 2.24) is 20.3 Å². The molecule has 1 unspecified atom stereocenters. The standard InChI is InChI=1S/C44H50N4O10/c1-7-26-23(2)32-17-37-30-11-8-29(38(52)20-50)43(39(53)21-51)44(30,5)40(48-37)19-33-25(4)28(10-13-42(55)58-22-56-6)36(47-33)18-35-27(9-12-41(54)57-15-14-49)24(3)31(46-35)16-34(26)45-32/h7,11,16-19,21,29,43,45-50H,1,8-10,12-15,20,22H2,2-6H3/t29?,43-,44+/m0/s1. The summed E-state index contributed by atoms with van der Waals surface area (Å²) in [6, 6.07) is 0. The summed E-state index contributed by atoms with van der Waals surface area (Å²) in [7, 11) is 1.43. The Hall–Kier alpha value is -5.83. The van der Waals surface area contributed by atoms with Gasteiger partial charge in [0.05, 0.1) is 12.5 Å². The summed E-state index contributed by atoms with van der Waals surface area (Å²) in [5.41, 5.74) is 8.73. The predicted molar refractivity (Wildman–Crippen MR) is 216 cm³/mol. The van der Waals surface area contributed by atoms with E-state index in [4.69, 9.17) is 14.2 Å². The van der Waals surface area contributed by atoms with Crippen molar-refractivity contribution in [1.29, 1.82) is 0 Å². The van der Waals surface area contributed by atoms with Crippen molar-refractivity contribution in [2.75, 3.05) is 33.7 Å². The third kappa shape index (κ3) is 7.74. The minimum atomic E-state index is -1.20. The number of carbonyl (C=O) groups is 5. The van der Waals surface area contributed by atoms with Gasteiger partial charge in [-0.2, -0.15) is 0 Å². The van der Waals surface area contributed by atoms with E-state index in [1.807, 2.05) is 58.1 Å². The van der Waals surface area contributed by atoms with Gasteiger partial charge in [0, 0.05) is 81.7 Å². The van der Waals surface area contributed by atoms with Crippen LogP contribution in [0.25, 0.3) is 30.4 Å². The molecule has 6 rings (SSSR count). The predicted octanol–water partition coefficient (Wildman–Crippen LogP) is 2.64. The summed E-state index contributed by atoms with van der Waals surface area (Å²) in [5.74, 6) is -4.24. The maximum atomic E-state index is 13.7. The van der Waals surface area contributed by atoms with E-state index in [2.05, 4.69) is 26.8 Å². The second-order valence-corrected chi connectivity index (χ2v) is 15.0. The number of aliphatic hydroxyl groups excluding tert-OH is 2. The molecule has 3 aromatic heterocycles. The maximum absolute atomic E-state index is 13.7. The normalized spacial score (nSPS) is 19.3. The summed E-state index contributed by atoms with van der Waals surface area (Å²) in [6.45, 7) is 10.5. The van der Waals surface area contributed by atoms with E-state index >= 15 is 0 Å². The largest absolute Gasteiger partial charge is 0.463 e. The molecular formula is C44H50N4O10. The van der Waals surface area contributed by atoms with Gasteiger partial charge in [-0.25, -0.2) is 0 Å². The van der Waals surface area contributed by atoms with Gasteiger partial charge in [-0.05, 0) is 105 Å². The number of hydrogen-bond donors (Lipinski definition) is 6. The molecule has 8 bridgehead atoms. The number of rotatable bonds is 15. The lowest BCUT2D eigenvalue weighted by Gasteiger charge is -2.41. The zero-order chi connectivity index (χ0) is 41.9. The van der Waals surface area contributed by atoms with Crippen molar-refractivity contribution >= 4 is 60.2 Å². The molecule has 6 N–H and O–H groups in total. The van der Waals surface area contributed by atoms with Crippen LogP contribution in [-0.2, 0) is 51.0 Å². The quantitative estimate of drug-likeness (QED) is 0.0570. The Morgan fingerprint density at radius 2 is 1.53 bits per heavy atom. The molecule has 14 heteroatoms. The molecule has 1 aliphatic carbocycles. The molecule has 1 saturated heterocycles. The van der Waals surface area contributed by atoms with Gasteiger partial charge in [0.15, 0.2) is 24.6 Å². The van der Waals surface area contributed by atoms with Crippen LogP contribution in [0, 0.1) is 38.0 Å². The Labute approximate surface area is 335 Å². The fourth-order valence-electron chi connectivity index (χ4n) is 8.67. The summed E-state index contributed by atoms with van der Waals surface area (Å²) >= 11 is 0. The van der Waals surface area contributed by atoms with Gasteiger partial charge in [-0.15, -0.1) is 0 Å². The summed E-state index contributed by atoms with van der Waals surface area (Å²) < 4.78 is 15.3. The fourth-order valence-corrected chi connectivity index (χ4v) is 8.67. The molecule has 0 amide bonds. The molecule has 0 aromatic carbocycles. The molecule has 306 valence electrons. The lowest BCUT2D eigenvalue weighted by atomic mass is 9.59. The second-order valence-electron chi connectivity index (χ2n) is 15.0. The number of aromatic amines is 3. The molecule has 3 atom stereocenters. The highest BCUT2D eigenvalue weighted by atomic mass is 16.7. The highest BCUT2D eigenvalue weighted by Crippen LogP contribution is 2.56. The smallest absolute Gasteiger partial charge is 0.308 e. The van der Waals surface area contributed by atoms with Crippen LogP contribution >= 0.6 is 0 Å². The molecule has 14 nitrogen and oxygen atoms in total. The first-order valence-corrected chi connectivity index (χ1v) is 19.2. The van der Waals surface area contributed by atoms with Gasteiger partial charge in [0.1, 0.15) is 13.2 Å². The second kappa shape index (κ2) is 17.3. The number of allylic oxidation sites excluding steroid dienone is 3. The number of hydrogen-bond acceptors (Lipinski definition) is 11. The van der Waals surface area contributed by atoms with Gasteiger partial charge in [0.2, 0.25) is 0 Å². The molecular weight excluding hydrogens is 745 g/mol. The van der Waals surface area contributed by atoms with Crippen LogP contribution in [0.1, 0.15) is 82.3 Å². The van der Waals surface area contributed by atoms with Gasteiger partial charge in [-0.3, -0.25) is 24.0 Å². The fraction of sp³-hybridized carbons (Fsp3) is 0.386. The van der Waals surface area contributed by atoms with Crippen LogP contribution in [0.3, 0.4) is 0 Å². The molecule has 2 aliphatic heterocycles. The topological polar surface area (TPSA) is 213 Å². The minimum absolute atomic E-state index is 0.0421. The molecule has 0 saturated carbocycles. The number of aromatic nitrogens is 3. The van der Waals surface area contributed by atoms with Gasteiger partial charge in [0.25, 0.3) is 0 Å². The third-order valence-electron chi connectivity index (χ3n) is 11.7. The van der Waals surface area contributed by atoms with Gasteiger partial charge < -0.3 is 44.7 Å². The first-order valence-electron chi connectivity index (χ1n) is 19.2. The van der Waals surface area contributed by atoms with Crippen molar-refractivity contribution in [2.45, 2.75) is 59.8 Å². The number of carbonyl (C=O) groups excluding carboxylic acids is 5. The Kier molecular flexibility index (Phi) is 12.5. The highest BCUT2D eigenvalue weighted by molar-refractivity contribution is 6.27. The van der Waals surface area contributed by atoms with Crippen LogP contribution in [0.4, 0.5) is 0 Å². The Bertz CT molecular complexity index is 2400. The van der Waals surface area contributed by atoms with Crippen molar-refractivity contribution < 1.29 is 48.4 Å². The van der Waals surface area contributed by atoms with Gasteiger partial charge in [-0.1, -0.05) is 18.7 Å². The van der Waals surface area contributed by atoms with E-state index in [1.165, 1.54) is 7.11 Å². The van der Waals surface area contributed by atoms with E-state index in [-0.39, 0.29) is 52.0 Å². The van der Waals surface area contributed by atoms with Crippen LogP contribution in [0.15, 0.2) is 29.6 Å². The van der Waals surface area contributed by atoms with E-state index in [1.54, 1.807) is 6.08 Å². The summed E-state index contributed by atoms with van der Waals surface area (Å²) in [5, 5.41) is 24.2. The minimum Gasteiger partial charge on any atom is -0.463 e. The first-order chi connectivity index (χ1) is 27.8. The molecule has 3 aliphatic rings. The molecule has 3 aromatic rings. The number of Topliss-reactive ketones (excluding diaryl/α,β-unsaturated/α-hetero) is 2. The van der Waals surface area contributed by atoms with Crippen LogP contribution in [0.5, 0.6) is 0 Å². The van der Waals surface area contributed by atoms with Gasteiger partial charge >= 0.3 is 11.9 Å². The molecule has 0 spiro atoms. The number of H-pyrrole nitrogens is 3. The van der Waals surface area contributed by atoms with E-state index in [0.717, 1.165) is 55.7 Å². The Morgan fingerprint density at radius 1 is 0.862 bits per heavy atom. The van der Waals surface area contributed by atoms with Crippen LogP contribution < -0.4 is 16.0 Å².